The van der Waals surface area contributed by atoms with Crippen LogP contribution in [0.5, 0.6) is 5.75 Å². The highest BCUT2D eigenvalue weighted by Crippen LogP contribution is 2.33. The predicted octanol–water partition coefficient (Wildman–Crippen LogP) is 4.53. The summed E-state index contributed by atoms with van der Waals surface area (Å²) in [7, 11) is 0. The maximum absolute atomic E-state index is 11.7. The molecule has 0 saturated carbocycles. The van der Waals surface area contributed by atoms with Gasteiger partial charge in [-0.25, -0.2) is 4.79 Å². The molecule has 0 bridgehead atoms. The van der Waals surface area contributed by atoms with Crippen molar-refractivity contribution < 1.29 is 24.5 Å². The van der Waals surface area contributed by atoms with Crippen LogP contribution in [0.3, 0.4) is 0 Å². The van der Waals surface area contributed by atoms with Crippen LogP contribution in [0.4, 0.5) is 0 Å². The maximum atomic E-state index is 11.7. The van der Waals surface area contributed by atoms with Gasteiger partial charge in [0.15, 0.2) is 5.78 Å². The molecule has 0 saturated heterocycles. The van der Waals surface area contributed by atoms with Gasteiger partial charge in [-0.05, 0) is 38.0 Å². The zero-order valence-corrected chi connectivity index (χ0v) is 16.8. The summed E-state index contributed by atoms with van der Waals surface area (Å²) in [5.41, 5.74) is 2.33. The number of hydrogen-bond acceptors (Lipinski definition) is 5. The van der Waals surface area contributed by atoms with Crippen LogP contribution in [0.15, 0.2) is 72.3 Å². The maximum Gasteiger partial charge on any atom is 0.340 e. The molecule has 0 aliphatic heterocycles. The number of carboxylic acids is 1. The Labute approximate surface area is 170 Å². The Hall–Kier alpha value is -3.54. The fourth-order valence-corrected chi connectivity index (χ4v) is 2.92. The van der Waals surface area contributed by atoms with E-state index in [4.69, 9.17) is 4.74 Å². The lowest BCUT2D eigenvalue weighted by molar-refractivity contribution is -0.134. The van der Waals surface area contributed by atoms with Gasteiger partial charge < -0.3 is 19.8 Å². The van der Waals surface area contributed by atoms with Crippen molar-refractivity contribution in [2.45, 2.75) is 27.3 Å². The fourth-order valence-electron chi connectivity index (χ4n) is 2.92. The minimum Gasteiger partial charge on any atom is -0.511 e. The van der Waals surface area contributed by atoms with Crippen molar-refractivity contribution in [2.75, 3.05) is 6.61 Å². The highest BCUT2D eigenvalue weighted by atomic mass is 16.5. The predicted molar refractivity (Wildman–Crippen MR) is 111 cm³/mol. The molecule has 0 atom stereocenters. The quantitative estimate of drug-likeness (QED) is 0.281. The average Bonchev–Trinajstić information content (AvgIpc) is 2.66. The van der Waals surface area contributed by atoms with Crippen molar-refractivity contribution in [1.82, 2.24) is 4.90 Å². The molecule has 0 radical (unpaired) electrons. The average molecular weight is 395 g/mol. The van der Waals surface area contributed by atoms with Crippen LogP contribution >= 0.6 is 0 Å². The third kappa shape index (κ3) is 5.97. The van der Waals surface area contributed by atoms with Crippen molar-refractivity contribution in [3.63, 3.8) is 0 Å². The Kier molecular flexibility index (Phi) is 7.60. The van der Waals surface area contributed by atoms with Gasteiger partial charge in [0.1, 0.15) is 17.1 Å². The summed E-state index contributed by atoms with van der Waals surface area (Å²) in [6.45, 7) is 5.37. The third-order valence-corrected chi connectivity index (χ3v) is 4.10. The number of ether oxygens (including phenoxy) is 1. The summed E-state index contributed by atoms with van der Waals surface area (Å²) in [6.07, 6.45) is 2.62. The lowest BCUT2D eigenvalue weighted by atomic mass is 9.98. The first kappa shape index (κ1) is 21.8. The number of aliphatic hydroxyl groups excluding tert-OH is 1. The van der Waals surface area contributed by atoms with Crippen LogP contribution in [0.1, 0.15) is 26.3 Å². The van der Waals surface area contributed by atoms with Gasteiger partial charge >= 0.3 is 5.97 Å². The summed E-state index contributed by atoms with van der Waals surface area (Å²) in [4.78, 5) is 24.6. The number of Topliss-reactive ketones (excluding diaryl/α,β-unsaturated/α-hetero) is 1. The van der Waals surface area contributed by atoms with Crippen molar-refractivity contribution in [3.05, 3.63) is 77.8 Å². The van der Waals surface area contributed by atoms with Gasteiger partial charge in [0, 0.05) is 24.5 Å². The number of aliphatic carboxylic acids is 1. The Morgan fingerprint density at radius 2 is 1.59 bits per heavy atom. The van der Waals surface area contributed by atoms with E-state index in [1.165, 1.54) is 31.1 Å². The van der Waals surface area contributed by atoms with Crippen LogP contribution in [0.2, 0.25) is 0 Å². The van der Waals surface area contributed by atoms with Gasteiger partial charge in [-0.1, -0.05) is 42.5 Å². The summed E-state index contributed by atoms with van der Waals surface area (Å²) < 4.78 is 5.74. The van der Waals surface area contributed by atoms with Crippen LogP contribution in [-0.4, -0.2) is 33.5 Å². The number of ketones is 1. The number of carbonyl (C=O) groups is 2. The van der Waals surface area contributed by atoms with E-state index in [1.807, 2.05) is 55.5 Å². The number of benzene rings is 2. The zero-order chi connectivity index (χ0) is 21.4. The molecule has 6 nitrogen and oxygen atoms in total. The minimum atomic E-state index is -1.32. The summed E-state index contributed by atoms with van der Waals surface area (Å²) in [6, 6.07) is 15.3. The molecule has 0 aliphatic carbocycles. The highest BCUT2D eigenvalue weighted by Gasteiger charge is 2.16. The molecule has 0 spiro atoms. The largest absolute Gasteiger partial charge is 0.511 e. The van der Waals surface area contributed by atoms with Gasteiger partial charge in [0.25, 0.3) is 0 Å². The normalized spacial score (nSPS) is 11.8. The topological polar surface area (TPSA) is 87.1 Å². The number of carbonyl (C=O) groups excluding carboxylic acids is 1. The molecule has 0 aliphatic rings. The Morgan fingerprint density at radius 3 is 2.17 bits per heavy atom. The first-order valence-electron chi connectivity index (χ1n) is 9.22. The summed E-state index contributed by atoms with van der Waals surface area (Å²) in [5.74, 6) is -1.15. The van der Waals surface area contributed by atoms with Crippen LogP contribution in [0.25, 0.3) is 11.1 Å². The molecule has 6 heteroatoms. The van der Waals surface area contributed by atoms with Crippen molar-refractivity contribution in [1.29, 1.82) is 0 Å². The second-order valence-electron chi connectivity index (χ2n) is 6.43. The molecular weight excluding hydrogens is 370 g/mol. The van der Waals surface area contributed by atoms with Crippen LogP contribution < -0.4 is 4.74 Å². The molecule has 0 heterocycles. The van der Waals surface area contributed by atoms with Gasteiger partial charge in [-0.3, -0.25) is 4.79 Å². The zero-order valence-electron chi connectivity index (χ0n) is 16.8. The van der Waals surface area contributed by atoms with Crippen LogP contribution in [-0.2, 0) is 16.1 Å². The number of carboxylic acid groups (broad SMARTS) is 1. The lowest BCUT2D eigenvalue weighted by Gasteiger charge is -2.20. The fraction of sp³-hybridized carbons (Fsp3) is 0.217. The number of rotatable bonds is 9. The smallest absolute Gasteiger partial charge is 0.340 e. The van der Waals surface area contributed by atoms with Gasteiger partial charge in [-0.15, -0.1) is 0 Å². The van der Waals surface area contributed by atoms with Gasteiger partial charge in [0.05, 0.1) is 6.61 Å². The molecule has 2 rings (SSSR count). The lowest BCUT2D eigenvalue weighted by Crippen LogP contribution is -2.17. The van der Waals surface area contributed by atoms with E-state index in [1.54, 1.807) is 0 Å². The van der Waals surface area contributed by atoms with Gasteiger partial charge in [-0.2, -0.15) is 0 Å². The molecule has 29 heavy (non-hydrogen) atoms. The van der Waals surface area contributed by atoms with Crippen molar-refractivity contribution in [3.8, 4) is 16.9 Å². The SMILES string of the molecule is CCOc1ccccc1-c1ccccc1CN(/C=C(\C)O)/C=C(\C(C)=O)C(=O)O. The van der Waals surface area contributed by atoms with E-state index < -0.39 is 11.8 Å². The van der Waals surface area contributed by atoms with E-state index in [0.717, 1.165) is 22.4 Å². The van der Waals surface area contributed by atoms with Crippen LogP contribution in [0, 0.1) is 0 Å². The molecule has 0 fully saturated rings. The van der Waals surface area contributed by atoms with E-state index in [2.05, 4.69) is 0 Å². The second-order valence-corrected chi connectivity index (χ2v) is 6.43. The van der Waals surface area contributed by atoms with Crippen molar-refractivity contribution >= 4 is 11.8 Å². The summed E-state index contributed by atoms with van der Waals surface area (Å²) >= 11 is 0. The molecular formula is C23H25NO5. The molecule has 0 amide bonds. The van der Waals surface area contributed by atoms with Gasteiger partial charge in [0.2, 0.25) is 0 Å². The Morgan fingerprint density at radius 1 is 0.966 bits per heavy atom. The molecule has 152 valence electrons. The third-order valence-electron chi connectivity index (χ3n) is 4.10. The van der Waals surface area contributed by atoms with Crippen molar-refractivity contribution in [2.24, 2.45) is 0 Å². The second kappa shape index (κ2) is 10.1. The van der Waals surface area contributed by atoms with E-state index in [0.29, 0.717) is 6.61 Å². The van der Waals surface area contributed by atoms with E-state index in [-0.39, 0.29) is 17.9 Å². The number of hydrogen-bond donors (Lipinski definition) is 2. The Bertz CT molecular complexity index is 926. The molecule has 2 aromatic rings. The first-order chi connectivity index (χ1) is 13.8. The minimum absolute atomic E-state index is 0.0123. The first-order valence-corrected chi connectivity index (χ1v) is 9.22. The molecule has 2 N–H and O–H groups in total. The molecule has 2 aromatic carbocycles. The van der Waals surface area contributed by atoms with E-state index >= 15 is 0 Å². The number of nitrogens with zero attached hydrogens (tertiary/aromatic N) is 1. The summed E-state index contributed by atoms with van der Waals surface area (Å²) in [5, 5.41) is 19.0. The van der Waals surface area contributed by atoms with E-state index in [9.17, 15) is 19.8 Å². The number of aliphatic hydroxyl groups is 1. The molecule has 0 unspecified atom stereocenters. The Balaban J connectivity index is 2.52. The number of allylic oxidation sites excluding steroid dienone is 1. The number of para-hydroxylation sites is 1. The monoisotopic (exact) mass is 395 g/mol. The standard InChI is InChI=1S/C23H25NO5/c1-4-29-22-12-8-7-11-20(22)19-10-6-5-9-18(19)14-24(13-16(2)25)15-21(17(3)26)23(27)28/h5-13,15,25H,4,14H2,1-3H3,(H,27,28)/b16-13+,21-15+. The highest BCUT2D eigenvalue weighted by molar-refractivity contribution is 6.15. The molecule has 0 aromatic heterocycles.